The van der Waals surface area contributed by atoms with Crippen molar-refractivity contribution in [3.05, 3.63) is 71.0 Å². The number of fused-ring (bicyclic) bond motifs is 4. The van der Waals surface area contributed by atoms with Gasteiger partial charge in [-0.15, -0.1) is 0 Å². The molecule has 0 aliphatic heterocycles. The lowest BCUT2D eigenvalue weighted by Crippen LogP contribution is -2.58. The highest BCUT2D eigenvalue weighted by Crippen LogP contribution is 2.52. The maximum Gasteiger partial charge on any atom is 0.416 e. The lowest BCUT2D eigenvalue weighted by atomic mass is 9.57. The van der Waals surface area contributed by atoms with E-state index in [-0.39, 0.29) is 5.91 Å². The van der Waals surface area contributed by atoms with Crippen LogP contribution in [0.15, 0.2) is 48.8 Å². The highest BCUT2D eigenvalue weighted by Gasteiger charge is 2.53. The third-order valence-electron chi connectivity index (χ3n) is 7.62. The van der Waals surface area contributed by atoms with E-state index >= 15 is 0 Å². The summed E-state index contributed by atoms with van der Waals surface area (Å²) in [6, 6.07) is 8.63. The van der Waals surface area contributed by atoms with Gasteiger partial charge >= 0.3 is 12.1 Å². The summed E-state index contributed by atoms with van der Waals surface area (Å²) in [6.45, 7) is 0. The first-order valence-electron chi connectivity index (χ1n) is 11.3. The highest BCUT2D eigenvalue weighted by atomic mass is 19.4. The number of nitrogens with zero attached hydrogens (tertiary/aromatic N) is 2. The molecule has 3 saturated carbocycles. The molecule has 0 saturated heterocycles. The van der Waals surface area contributed by atoms with Crippen LogP contribution in [0, 0.1) is 5.41 Å². The number of halogens is 3. The van der Waals surface area contributed by atoms with Gasteiger partial charge in [-0.1, -0.05) is 18.2 Å². The molecule has 9 heteroatoms. The highest BCUT2D eigenvalue weighted by molar-refractivity contribution is 6.02. The molecule has 1 aromatic carbocycles. The third kappa shape index (κ3) is 3.82. The van der Waals surface area contributed by atoms with Crippen LogP contribution in [0.4, 0.5) is 13.2 Å². The fourth-order valence-corrected chi connectivity index (χ4v) is 5.46. The Balaban J connectivity index is 1.39. The molecule has 0 spiro atoms. The van der Waals surface area contributed by atoms with E-state index in [1.807, 2.05) is 6.07 Å². The number of carbonyl (C=O) groups is 2. The lowest BCUT2D eigenvalue weighted by molar-refractivity contribution is -0.156. The number of amides is 1. The van der Waals surface area contributed by atoms with Gasteiger partial charge in [0.25, 0.3) is 5.91 Å². The Labute approximate surface area is 193 Å². The minimum atomic E-state index is -4.39. The van der Waals surface area contributed by atoms with Crippen LogP contribution >= 0.6 is 0 Å². The molecule has 3 aliphatic carbocycles. The number of carboxylic acids is 1. The Morgan fingerprint density at radius 3 is 2.26 bits per heavy atom. The van der Waals surface area contributed by atoms with E-state index < -0.39 is 28.7 Å². The van der Waals surface area contributed by atoms with Gasteiger partial charge in [-0.25, -0.2) is 4.52 Å². The summed E-state index contributed by atoms with van der Waals surface area (Å²) in [7, 11) is 0. The van der Waals surface area contributed by atoms with Gasteiger partial charge in [-0.05, 0) is 74.3 Å². The van der Waals surface area contributed by atoms with Crippen LogP contribution in [0.1, 0.15) is 65.6 Å². The van der Waals surface area contributed by atoms with Gasteiger partial charge in [-0.2, -0.15) is 18.3 Å². The molecule has 3 aromatic rings. The zero-order valence-corrected chi connectivity index (χ0v) is 18.4. The number of aliphatic carboxylic acids is 1. The number of hydrogen-bond acceptors (Lipinski definition) is 3. The maximum absolute atomic E-state index is 13.3. The Morgan fingerprint density at radius 2 is 1.68 bits per heavy atom. The van der Waals surface area contributed by atoms with Gasteiger partial charge < -0.3 is 10.4 Å². The maximum atomic E-state index is 13.3. The Hall–Kier alpha value is -3.36. The fraction of sp³-hybridized carbons (Fsp3) is 0.400. The molecule has 1 amide bonds. The van der Waals surface area contributed by atoms with E-state index in [1.54, 1.807) is 16.8 Å². The Kier molecular flexibility index (Phi) is 5.18. The first kappa shape index (κ1) is 22.4. The second-order valence-corrected chi connectivity index (χ2v) is 9.58. The van der Waals surface area contributed by atoms with Gasteiger partial charge in [0.15, 0.2) is 0 Å². The van der Waals surface area contributed by atoms with Gasteiger partial charge in [0.1, 0.15) is 0 Å². The molecule has 6 rings (SSSR count). The molecular weight excluding hydrogens is 447 g/mol. The predicted molar refractivity (Wildman–Crippen MR) is 117 cm³/mol. The van der Waals surface area contributed by atoms with Crippen LogP contribution in [0.2, 0.25) is 0 Å². The quantitative estimate of drug-likeness (QED) is 0.557. The van der Waals surface area contributed by atoms with Gasteiger partial charge in [0.2, 0.25) is 0 Å². The minimum Gasteiger partial charge on any atom is -0.481 e. The first-order chi connectivity index (χ1) is 16.1. The van der Waals surface area contributed by atoms with Crippen molar-refractivity contribution in [2.45, 2.75) is 56.7 Å². The van der Waals surface area contributed by atoms with Crippen molar-refractivity contribution < 1.29 is 27.9 Å². The second-order valence-electron chi connectivity index (χ2n) is 9.58. The predicted octanol–water partition coefficient (Wildman–Crippen LogP) is 4.85. The number of carbonyl (C=O) groups excluding carboxylic acids is 1. The summed E-state index contributed by atoms with van der Waals surface area (Å²) < 4.78 is 40.3. The second kappa shape index (κ2) is 7.85. The van der Waals surface area contributed by atoms with Crippen molar-refractivity contribution in [3.8, 4) is 0 Å². The Bertz CT molecular complexity index is 1240. The molecule has 3 aliphatic rings. The fourth-order valence-electron chi connectivity index (χ4n) is 5.46. The monoisotopic (exact) mass is 471 g/mol. The smallest absolute Gasteiger partial charge is 0.416 e. The van der Waals surface area contributed by atoms with Crippen LogP contribution in [0.25, 0.3) is 5.52 Å². The molecule has 2 heterocycles. The molecule has 0 atom stereocenters. The summed E-state index contributed by atoms with van der Waals surface area (Å²) in [4.78, 5) is 25.0. The van der Waals surface area contributed by atoms with Crippen molar-refractivity contribution in [1.29, 1.82) is 0 Å². The largest absolute Gasteiger partial charge is 0.481 e. The normalized spacial score (nSPS) is 24.3. The zero-order valence-electron chi connectivity index (χ0n) is 18.4. The number of benzene rings is 1. The van der Waals surface area contributed by atoms with E-state index in [4.69, 9.17) is 0 Å². The molecular formula is C25H24F3N3O3. The molecule has 34 heavy (non-hydrogen) atoms. The van der Waals surface area contributed by atoms with Crippen molar-refractivity contribution in [2.24, 2.45) is 5.41 Å². The molecule has 3 fully saturated rings. The standard InChI is InChI=1S/C25H24F3N3O3/c26-25(27,28)18-5-3-16(4-6-18)14-17-2-1-13-31-20(17)19(15-29-31)21(32)30-24-10-7-23(8-11-24,9-12-24)22(33)34/h1-6,13,15H,7-12,14H2,(H,30,32)(H,33,34). The Morgan fingerprint density at radius 1 is 1.03 bits per heavy atom. The van der Waals surface area contributed by atoms with Gasteiger partial charge in [0.05, 0.1) is 28.3 Å². The number of pyridine rings is 1. The van der Waals surface area contributed by atoms with Crippen LogP contribution in [0.5, 0.6) is 0 Å². The number of hydrogen-bond donors (Lipinski definition) is 2. The van der Waals surface area contributed by atoms with Crippen LogP contribution in [-0.4, -0.2) is 32.1 Å². The van der Waals surface area contributed by atoms with E-state index in [2.05, 4.69) is 10.4 Å². The number of alkyl halides is 3. The topological polar surface area (TPSA) is 83.7 Å². The average Bonchev–Trinajstić information content (AvgIpc) is 3.25. The molecule has 2 N–H and O–H groups in total. The first-order valence-corrected chi connectivity index (χ1v) is 11.3. The molecule has 6 nitrogen and oxygen atoms in total. The summed E-state index contributed by atoms with van der Waals surface area (Å²) in [5.74, 6) is -1.01. The number of carboxylic acid groups (broad SMARTS) is 1. The SMILES string of the molecule is O=C(NC12CCC(C(=O)O)(CC1)CC2)c1cnn2cccc(Cc3ccc(C(F)(F)F)cc3)c12. The number of rotatable bonds is 5. The van der Waals surface area contributed by atoms with Crippen molar-refractivity contribution in [2.75, 3.05) is 0 Å². The van der Waals surface area contributed by atoms with Crippen molar-refractivity contribution in [3.63, 3.8) is 0 Å². The molecule has 2 bridgehead atoms. The molecule has 0 radical (unpaired) electrons. The zero-order chi connectivity index (χ0) is 24.1. The lowest BCUT2D eigenvalue weighted by Gasteiger charge is -2.51. The average molecular weight is 471 g/mol. The van der Waals surface area contributed by atoms with E-state index in [9.17, 15) is 27.9 Å². The van der Waals surface area contributed by atoms with Crippen LogP contribution in [0.3, 0.4) is 0 Å². The number of aromatic nitrogens is 2. The molecule has 2 aromatic heterocycles. The van der Waals surface area contributed by atoms with Gasteiger partial charge in [0, 0.05) is 11.7 Å². The summed E-state index contributed by atoms with van der Waals surface area (Å²) in [6.07, 6.45) is 2.73. The van der Waals surface area contributed by atoms with Crippen molar-refractivity contribution in [1.82, 2.24) is 14.9 Å². The van der Waals surface area contributed by atoms with Crippen LogP contribution < -0.4 is 5.32 Å². The minimum absolute atomic E-state index is 0.264. The summed E-state index contributed by atoms with van der Waals surface area (Å²) in [5.41, 5.74) is 0.707. The van der Waals surface area contributed by atoms with Crippen LogP contribution in [-0.2, 0) is 17.4 Å². The summed E-state index contributed by atoms with van der Waals surface area (Å²) >= 11 is 0. The number of nitrogens with one attached hydrogen (secondary N) is 1. The molecule has 0 unspecified atom stereocenters. The molecule has 178 valence electrons. The van der Waals surface area contributed by atoms with E-state index in [0.29, 0.717) is 61.6 Å². The van der Waals surface area contributed by atoms with E-state index in [0.717, 1.165) is 17.7 Å². The third-order valence-corrected chi connectivity index (χ3v) is 7.62. The summed E-state index contributed by atoms with van der Waals surface area (Å²) in [5, 5.41) is 17.1. The van der Waals surface area contributed by atoms with Crippen molar-refractivity contribution >= 4 is 17.4 Å². The van der Waals surface area contributed by atoms with E-state index in [1.165, 1.54) is 18.3 Å². The van der Waals surface area contributed by atoms with Gasteiger partial charge in [-0.3, -0.25) is 9.59 Å².